The van der Waals surface area contributed by atoms with Crippen molar-refractivity contribution < 1.29 is 18.3 Å². The summed E-state index contributed by atoms with van der Waals surface area (Å²) in [5.41, 5.74) is 5.63. The molecule has 0 bridgehead atoms. The molecular formula is C12H20F2N4O2. The summed E-state index contributed by atoms with van der Waals surface area (Å²) in [6, 6.07) is 0. The molecule has 1 amide bonds. The van der Waals surface area contributed by atoms with Gasteiger partial charge >= 0.3 is 0 Å². The van der Waals surface area contributed by atoms with Gasteiger partial charge in [-0.25, -0.2) is 8.78 Å². The van der Waals surface area contributed by atoms with Gasteiger partial charge in [0.05, 0.1) is 11.8 Å². The van der Waals surface area contributed by atoms with Crippen LogP contribution < -0.4 is 11.1 Å². The predicted molar refractivity (Wildman–Crippen MR) is 70.7 cm³/mol. The van der Waals surface area contributed by atoms with Gasteiger partial charge in [-0.15, -0.1) is 0 Å². The maximum atomic E-state index is 12.2. The largest absolute Gasteiger partial charge is 0.396 e. The van der Waals surface area contributed by atoms with E-state index < -0.39 is 18.9 Å². The number of nitrogen functional groups attached to an aromatic ring is 1. The van der Waals surface area contributed by atoms with E-state index in [2.05, 4.69) is 10.4 Å². The van der Waals surface area contributed by atoms with Gasteiger partial charge < -0.3 is 15.8 Å². The third kappa shape index (κ3) is 5.52. The van der Waals surface area contributed by atoms with Crippen molar-refractivity contribution in [3.05, 3.63) is 11.9 Å². The zero-order chi connectivity index (χ0) is 15.1. The summed E-state index contributed by atoms with van der Waals surface area (Å²) in [5.74, 6) is -0.472. The summed E-state index contributed by atoms with van der Waals surface area (Å²) in [7, 11) is 0. The van der Waals surface area contributed by atoms with E-state index in [4.69, 9.17) is 10.5 Å². The highest BCUT2D eigenvalue weighted by molar-refractivity contribution is 5.96. The summed E-state index contributed by atoms with van der Waals surface area (Å²) < 4.78 is 30.7. The SMILES string of the molecule is CC(C)OCCCNC(=O)c1nn(CC(F)F)cc1N. The van der Waals surface area contributed by atoms with Crippen LogP contribution in [0.15, 0.2) is 6.20 Å². The molecule has 1 aromatic rings. The average Bonchev–Trinajstić information content (AvgIpc) is 2.68. The van der Waals surface area contributed by atoms with Crippen LogP contribution in [0.1, 0.15) is 30.8 Å². The zero-order valence-corrected chi connectivity index (χ0v) is 11.6. The van der Waals surface area contributed by atoms with Crippen molar-refractivity contribution in [2.45, 2.75) is 39.3 Å². The molecule has 0 saturated carbocycles. The molecule has 20 heavy (non-hydrogen) atoms. The first-order valence-corrected chi connectivity index (χ1v) is 6.41. The van der Waals surface area contributed by atoms with E-state index in [1.54, 1.807) is 0 Å². The summed E-state index contributed by atoms with van der Waals surface area (Å²) in [6.45, 7) is 4.21. The number of carbonyl (C=O) groups is 1. The van der Waals surface area contributed by atoms with Gasteiger partial charge in [0.25, 0.3) is 12.3 Å². The second-order valence-electron chi connectivity index (χ2n) is 4.58. The molecule has 3 N–H and O–H groups in total. The third-order valence-electron chi connectivity index (χ3n) is 2.39. The quantitative estimate of drug-likeness (QED) is 0.706. The number of hydrogen-bond donors (Lipinski definition) is 2. The van der Waals surface area contributed by atoms with Crippen LogP contribution >= 0.6 is 0 Å². The Labute approximate surface area is 116 Å². The van der Waals surface area contributed by atoms with Crippen LogP contribution in [0, 0.1) is 0 Å². The normalized spacial score (nSPS) is 11.3. The van der Waals surface area contributed by atoms with Crippen molar-refractivity contribution in [2.24, 2.45) is 0 Å². The number of nitrogens with zero attached hydrogens (tertiary/aromatic N) is 2. The number of carbonyl (C=O) groups excluding carboxylic acids is 1. The molecule has 0 unspecified atom stereocenters. The van der Waals surface area contributed by atoms with Crippen molar-refractivity contribution >= 4 is 11.6 Å². The van der Waals surface area contributed by atoms with Crippen molar-refractivity contribution in [2.75, 3.05) is 18.9 Å². The Morgan fingerprint density at radius 1 is 1.55 bits per heavy atom. The Kier molecular flexibility index (Phi) is 6.37. The molecule has 0 aliphatic carbocycles. The Morgan fingerprint density at radius 3 is 2.85 bits per heavy atom. The number of hydrogen-bond acceptors (Lipinski definition) is 4. The minimum Gasteiger partial charge on any atom is -0.396 e. The predicted octanol–water partition coefficient (Wildman–Crippen LogP) is 1.28. The Morgan fingerprint density at radius 2 is 2.25 bits per heavy atom. The summed E-state index contributed by atoms with van der Waals surface area (Å²) >= 11 is 0. The number of ether oxygens (including phenoxy) is 1. The van der Waals surface area contributed by atoms with Gasteiger partial charge in [0.2, 0.25) is 0 Å². The van der Waals surface area contributed by atoms with Crippen molar-refractivity contribution in [1.82, 2.24) is 15.1 Å². The fourth-order valence-corrected chi connectivity index (χ4v) is 1.53. The molecule has 0 radical (unpaired) electrons. The first kappa shape index (κ1) is 16.4. The molecule has 1 rings (SSSR count). The van der Waals surface area contributed by atoms with E-state index in [-0.39, 0.29) is 17.5 Å². The summed E-state index contributed by atoms with van der Waals surface area (Å²) in [5, 5.41) is 6.36. The molecule has 0 aliphatic rings. The molecule has 114 valence electrons. The fraction of sp³-hybridized carbons (Fsp3) is 0.667. The van der Waals surface area contributed by atoms with Crippen LogP contribution in [0.3, 0.4) is 0 Å². The topological polar surface area (TPSA) is 82.2 Å². The lowest BCUT2D eigenvalue weighted by Gasteiger charge is -2.07. The second kappa shape index (κ2) is 7.78. The van der Waals surface area contributed by atoms with E-state index in [9.17, 15) is 13.6 Å². The van der Waals surface area contributed by atoms with Crippen LogP contribution in [0.5, 0.6) is 0 Å². The maximum absolute atomic E-state index is 12.2. The van der Waals surface area contributed by atoms with Gasteiger partial charge in [-0.05, 0) is 20.3 Å². The number of nitrogens with one attached hydrogen (secondary N) is 1. The molecular weight excluding hydrogens is 270 g/mol. The minimum atomic E-state index is -2.54. The van der Waals surface area contributed by atoms with E-state index in [1.807, 2.05) is 13.8 Å². The average molecular weight is 290 g/mol. The zero-order valence-electron chi connectivity index (χ0n) is 11.6. The minimum absolute atomic E-state index is 0.0320. The molecule has 0 aliphatic heterocycles. The molecule has 1 heterocycles. The van der Waals surface area contributed by atoms with Gasteiger partial charge in [-0.2, -0.15) is 5.10 Å². The first-order chi connectivity index (χ1) is 9.40. The van der Waals surface area contributed by atoms with E-state index >= 15 is 0 Å². The molecule has 8 heteroatoms. The summed E-state index contributed by atoms with van der Waals surface area (Å²) in [4.78, 5) is 11.8. The molecule has 1 aromatic heterocycles. The number of nitrogens with two attached hydrogens (primary N) is 1. The highest BCUT2D eigenvalue weighted by atomic mass is 19.3. The number of rotatable bonds is 8. The van der Waals surface area contributed by atoms with Crippen LogP contribution in [0.25, 0.3) is 0 Å². The van der Waals surface area contributed by atoms with Gasteiger partial charge in [0, 0.05) is 19.3 Å². The molecule has 0 saturated heterocycles. The van der Waals surface area contributed by atoms with Crippen LogP contribution in [0.4, 0.5) is 14.5 Å². The fourth-order valence-electron chi connectivity index (χ4n) is 1.53. The van der Waals surface area contributed by atoms with E-state index in [0.29, 0.717) is 19.6 Å². The number of alkyl halides is 2. The van der Waals surface area contributed by atoms with Crippen molar-refractivity contribution in [1.29, 1.82) is 0 Å². The van der Waals surface area contributed by atoms with Gasteiger partial charge in [-0.1, -0.05) is 0 Å². The lowest BCUT2D eigenvalue weighted by atomic mass is 10.3. The van der Waals surface area contributed by atoms with Gasteiger partial charge in [0.15, 0.2) is 5.69 Å². The Balaban J connectivity index is 2.41. The third-order valence-corrected chi connectivity index (χ3v) is 2.39. The highest BCUT2D eigenvalue weighted by Crippen LogP contribution is 2.10. The van der Waals surface area contributed by atoms with E-state index in [1.165, 1.54) is 6.20 Å². The molecule has 0 spiro atoms. The lowest BCUT2D eigenvalue weighted by molar-refractivity contribution is 0.0756. The number of anilines is 1. The van der Waals surface area contributed by atoms with Crippen LogP contribution in [0.2, 0.25) is 0 Å². The smallest absolute Gasteiger partial charge is 0.273 e. The number of amides is 1. The summed E-state index contributed by atoms with van der Waals surface area (Å²) in [6.07, 6.45) is -0.519. The molecule has 0 atom stereocenters. The second-order valence-corrected chi connectivity index (χ2v) is 4.58. The van der Waals surface area contributed by atoms with Gasteiger partial charge in [-0.3, -0.25) is 9.48 Å². The number of halogens is 2. The monoisotopic (exact) mass is 290 g/mol. The highest BCUT2D eigenvalue weighted by Gasteiger charge is 2.16. The Bertz CT molecular complexity index is 435. The molecule has 6 nitrogen and oxygen atoms in total. The standard InChI is InChI=1S/C12H20F2N4O2/c1-8(2)20-5-3-4-16-12(19)11-9(15)6-18(17-11)7-10(13)14/h6,8,10H,3-5,7,15H2,1-2H3,(H,16,19). The van der Waals surface area contributed by atoms with Crippen molar-refractivity contribution in [3.8, 4) is 0 Å². The van der Waals surface area contributed by atoms with Crippen LogP contribution in [-0.4, -0.2) is 41.4 Å². The van der Waals surface area contributed by atoms with Crippen molar-refractivity contribution in [3.63, 3.8) is 0 Å². The first-order valence-electron chi connectivity index (χ1n) is 6.41. The molecule has 0 aromatic carbocycles. The number of aromatic nitrogens is 2. The Hall–Kier alpha value is -1.70. The van der Waals surface area contributed by atoms with Gasteiger partial charge in [0.1, 0.15) is 6.54 Å². The maximum Gasteiger partial charge on any atom is 0.273 e. The lowest BCUT2D eigenvalue weighted by Crippen LogP contribution is -2.27. The van der Waals surface area contributed by atoms with Crippen LogP contribution in [-0.2, 0) is 11.3 Å². The molecule has 0 fully saturated rings. The van der Waals surface area contributed by atoms with E-state index in [0.717, 1.165) is 4.68 Å².